The van der Waals surface area contributed by atoms with E-state index in [1.54, 1.807) is 11.7 Å². The highest BCUT2D eigenvalue weighted by Gasteiger charge is 2.31. The number of para-hydroxylation sites is 1. The molecule has 1 aliphatic heterocycles. The van der Waals surface area contributed by atoms with Gasteiger partial charge in [0, 0.05) is 19.7 Å². The van der Waals surface area contributed by atoms with E-state index in [-0.39, 0.29) is 11.6 Å². The van der Waals surface area contributed by atoms with E-state index in [4.69, 9.17) is 14.2 Å². The monoisotopic (exact) mass is 368 g/mol. The Morgan fingerprint density at radius 3 is 2.96 bits per heavy atom. The third kappa shape index (κ3) is 3.52. The first-order valence-corrected chi connectivity index (χ1v) is 9.32. The largest absolute Gasteiger partial charge is 0.383 e. The van der Waals surface area contributed by atoms with Crippen LogP contribution in [0.15, 0.2) is 39.6 Å². The van der Waals surface area contributed by atoms with Gasteiger partial charge in [-0.1, -0.05) is 17.3 Å². The molecule has 0 spiro atoms. The number of aryl methyl sites for hydroxylation is 1. The maximum atomic E-state index is 13.1. The van der Waals surface area contributed by atoms with Crippen LogP contribution in [0.3, 0.4) is 0 Å². The van der Waals surface area contributed by atoms with Gasteiger partial charge >= 0.3 is 0 Å². The minimum absolute atomic E-state index is 0.00298. The van der Waals surface area contributed by atoms with Gasteiger partial charge in [0.15, 0.2) is 0 Å². The van der Waals surface area contributed by atoms with Crippen molar-refractivity contribution >= 4 is 10.9 Å². The van der Waals surface area contributed by atoms with E-state index in [1.807, 2.05) is 37.3 Å². The first kappa shape index (κ1) is 17.9. The van der Waals surface area contributed by atoms with Gasteiger partial charge in [0.05, 0.1) is 35.8 Å². The van der Waals surface area contributed by atoms with Crippen molar-refractivity contribution in [2.45, 2.75) is 38.9 Å². The van der Waals surface area contributed by atoms with Crippen LogP contribution in [0.4, 0.5) is 0 Å². The lowest BCUT2D eigenvalue weighted by molar-refractivity contribution is 0.178. The van der Waals surface area contributed by atoms with Gasteiger partial charge in [-0.15, -0.1) is 0 Å². The van der Waals surface area contributed by atoms with Crippen LogP contribution < -0.4 is 5.56 Å². The molecule has 7 nitrogen and oxygen atoms in total. The summed E-state index contributed by atoms with van der Waals surface area (Å²) in [4.78, 5) is 20.3. The Morgan fingerprint density at radius 1 is 1.33 bits per heavy atom. The molecule has 0 amide bonds. The highest BCUT2D eigenvalue weighted by Crippen LogP contribution is 2.32. The summed E-state index contributed by atoms with van der Waals surface area (Å²) in [6.07, 6.45) is 2.03. The predicted octanol–water partition coefficient (Wildman–Crippen LogP) is 2.68. The fourth-order valence-electron chi connectivity index (χ4n) is 3.85. The molecule has 0 saturated carbocycles. The zero-order valence-electron chi connectivity index (χ0n) is 15.7. The van der Waals surface area contributed by atoms with E-state index >= 15 is 0 Å². The maximum Gasteiger partial charge on any atom is 0.261 e. The quantitative estimate of drug-likeness (QED) is 0.666. The number of methoxy groups -OCH3 is 1. The average molecular weight is 368 g/mol. The predicted molar refractivity (Wildman–Crippen MR) is 102 cm³/mol. The summed E-state index contributed by atoms with van der Waals surface area (Å²) in [5.41, 5.74) is 1.65. The second-order valence-corrected chi connectivity index (χ2v) is 6.99. The minimum Gasteiger partial charge on any atom is -0.383 e. The van der Waals surface area contributed by atoms with Crippen LogP contribution in [-0.4, -0.2) is 39.9 Å². The summed E-state index contributed by atoms with van der Waals surface area (Å²) >= 11 is 0. The molecule has 0 radical (unpaired) electrons. The van der Waals surface area contributed by atoms with Crippen LogP contribution in [0.5, 0.6) is 0 Å². The van der Waals surface area contributed by atoms with Gasteiger partial charge in [0.1, 0.15) is 11.6 Å². The van der Waals surface area contributed by atoms with Crippen LogP contribution in [0.1, 0.15) is 36.2 Å². The lowest BCUT2D eigenvalue weighted by Gasteiger charge is -2.25. The van der Waals surface area contributed by atoms with E-state index < -0.39 is 0 Å². The van der Waals surface area contributed by atoms with E-state index in [9.17, 15) is 4.79 Å². The van der Waals surface area contributed by atoms with E-state index in [1.165, 1.54) is 0 Å². The van der Waals surface area contributed by atoms with Gasteiger partial charge in [-0.05, 0) is 38.4 Å². The van der Waals surface area contributed by atoms with Gasteiger partial charge < -0.3 is 9.26 Å². The fourth-order valence-corrected chi connectivity index (χ4v) is 3.85. The van der Waals surface area contributed by atoms with Crippen LogP contribution in [0.2, 0.25) is 0 Å². The minimum atomic E-state index is -0.00298. The molecule has 0 aliphatic carbocycles. The molecule has 1 fully saturated rings. The average Bonchev–Trinajstić information content (AvgIpc) is 3.30. The van der Waals surface area contributed by atoms with E-state index in [2.05, 4.69) is 10.1 Å². The number of rotatable bonds is 6. The molecular formula is C20H24N4O3. The number of benzene rings is 1. The normalized spacial score (nSPS) is 17.8. The fraction of sp³-hybridized carbons (Fsp3) is 0.450. The number of fused-ring (bicyclic) bond motifs is 1. The van der Waals surface area contributed by atoms with Crippen LogP contribution in [0.25, 0.3) is 10.9 Å². The molecule has 27 heavy (non-hydrogen) atoms. The molecular weight excluding hydrogens is 344 g/mol. The molecule has 1 saturated heterocycles. The molecule has 3 aromatic rings. The topological polar surface area (TPSA) is 73.4 Å². The Kier molecular flexibility index (Phi) is 5.05. The Bertz CT molecular complexity index is 994. The Morgan fingerprint density at radius 2 is 2.19 bits per heavy atom. The Labute approximate surface area is 157 Å². The van der Waals surface area contributed by atoms with Crippen molar-refractivity contribution in [1.29, 1.82) is 0 Å². The van der Waals surface area contributed by atoms with Crippen molar-refractivity contribution < 1.29 is 9.26 Å². The zero-order chi connectivity index (χ0) is 18.8. The Hall–Kier alpha value is -2.51. The SMILES string of the molecule is COCCn1c(C2CCCN2Cc2cc(C)on2)nc2ccccc2c1=O. The second-order valence-electron chi connectivity index (χ2n) is 6.99. The standard InChI is InChI=1S/C20H24N4O3/c1-14-12-15(22-27-14)13-23-9-5-8-18(23)19-21-17-7-4-3-6-16(17)20(25)24(19)10-11-26-2/h3-4,6-7,12,18H,5,8-11,13H2,1-2H3. The third-order valence-corrected chi connectivity index (χ3v) is 5.11. The second kappa shape index (κ2) is 7.62. The smallest absolute Gasteiger partial charge is 0.261 e. The molecule has 0 bridgehead atoms. The van der Waals surface area contributed by atoms with Crippen molar-refractivity contribution in [2.24, 2.45) is 0 Å². The summed E-state index contributed by atoms with van der Waals surface area (Å²) in [7, 11) is 1.65. The number of nitrogens with zero attached hydrogens (tertiary/aromatic N) is 4. The molecule has 3 heterocycles. The Balaban J connectivity index is 1.75. The number of hydrogen-bond acceptors (Lipinski definition) is 6. The number of hydrogen-bond donors (Lipinski definition) is 0. The zero-order valence-corrected chi connectivity index (χ0v) is 15.7. The number of likely N-dealkylation sites (tertiary alicyclic amines) is 1. The summed E-state index contributed by atoms with van der Waals surface area (Å²) in [6, 6.07) is 9.57. The van der Waals surface area contributed by atoms with Crippen LogP contribution in [0, 0.1) is 6.92 Å². The molecule has 4 rings (SSSR count). The summed E-state index contributed by atoms with van der Waals surface area (Å²) in [5, 5.41) is 4.77. The van der Waals surface area contributed by atoms with Crippen LogP contribution in [-0.2, 0) is 17.8 Å². The number of aromatic nitrogens is 3. The molecule has 1 aromatic carbocycles. The van der Waals surface area contributed by atoms with Crippen molar-refractivity contribution in [3.63, 3.8) is 0 Å². The first-order chi connectivity index (χ1) is 13.2. The summed E-state index contributed by atoms with van der Waals surface area (Å²) in [6.45, 7) is 4.50. The molecule has 2 aromatic heterocycles. The molecule has 7 heteroatoms. The molecule has 1 aliphatic rings. The van der Waals surface area contributed by atoms with E-state index in [0.717, 1.165) is 42.2 Å². The van der Waals surface area contributed by atoms with Gasteiger partial charge in [-0.3, -0.25) is 14.3 Å². The van der Waals surface area contributed by atoms with Gasteiger partial charge in [0.2, 0.25) is 0 Å². The highest BCUT2D eigenvalue weighted by atomic mass is 16.5. The molecule has 1 atom stereocenters. The van der Waals surface area contributed by atoms with Gasteiger partial charge in [-0.2, -0.15) is 0 Å². The van der Waals surface area contributed by atoms with E-state index in [0.29, 0.717) is 25.1 Å². The van der Waals surface area contributed by atoms with Gasteiger partial charge in [0.25, 0.3) is 5.56 Å². The van der Waals surface area contributed by atoms with Crippen LogP contribution >= 0.6 is 0 Å². The first-order valence-electron chi connectivity index (χ1n) is 9.32. The highest BCUT2D eigenvalue weighted by molar-refractivity contribution is 5.77. The molecule has 1 unspecified atom stereocenters. The van der Waals surface area contributed by atoms with Crippen molar-refractivity contribution in [2.75, 3.05) is 20.3 Å². The molecule has 142 valence electrons. The maximum absolute atomic E-state index is 13.1. The summed E-state index contributed by atoms with van der Waals surface area (Å²) < 4.78 is 12.2. The van der Waals surface area contributed by atoms with Crippen molar-refractivity contribution in [3.05, 3.63) is 58.0 Å². The third-order valence-electron chi connectivity index (χ3n) is 5.11. The molecule has 0 N–H and O–H groups in total. The number of ether oxygens (including phenoxy) is 1. The lowest BCUT2D eigenvalue weighted by atomic mass is 10.1. The van der Waals surface area contributed by atoms with Gasteiger partial charge in [-0.25, -0.2) is 4.98 Å². The summed E-state index contributed by atoms with van der Waals surface area (Å²) in [5.74, 6) is 1.62. The lowest BCUT2D eigenvalue weighted by Crippen LogP contribution is -2.33. The van der Waals surface area contributed by atoms with Crippen molar-refractivity contribution in [1.82, 2.24) is 19.6 Å². The van der Waals surface area contributed by atoms with Crippen molar-refractivity contribution in [3.8, 4) is 0 Å².